The van der Waals surface area contributed by atoms with Crippen molar-refractivity contribution in [3.8, 4) is 0 Å². The van der Waals surface area contributed by atoms with Gasteiger partial charge in [-0.3, -0.25) is 9.59 Å². The van der Waals surface area contributed by atoms with E-state index in [1.54, 1.807) is 19.2 Å². The summed E-state index contributed by atoms with van der Waals surface area (Å²) in [6, 6.07) is 6.00. The average Bonchev–Trinajstić information content (AvgIpc) is 2.29. The van der Waals surface area contributed by atoms with E-state index in [0.717, 1.165) is 24.8 Å². The molecule has 0 aromatic heterocycles. The van der Waals surface area contributed by atoms with Gasteiger partial charge < -0.3 is 10.6 Å². The fraction of sp³-hybridized carbons (Fsp3) is 0.429. The Morgan fingerprint density at radius 3 is 2.32 bits per heavy atom. The molecule has 1 saturated carbocycles. The molecule has 2 rings (SSSR count). The third-order valence-corrected chi connectivity index (χ3v) is 3.75. The summed E-state index contributed by atoms with van der Waals surface area (Å²) in [5, 5.41) is 0. The molecule has 4 nitrogen and oxygen atoms in total. The minimum Gasteiger partial charge on any atom is -0.368 e. The highest BCUT2D eigenvalue weighted by Gasteiger charge is 2.47. The van der Waals surface area contributed by atoms with Gasteiger partial charge in [0.1, 0.15) is 5.82 Å². The van der Waals surface area contributed by atoms with Crippen molar-refractivity contribution in [2.45, 2.75) is 24.7 Å². The number of nitrogens with zero attached hydrogens (tertiary/aromatic N) is 1. The van der Waals surface area contributed by atoms with Crippen LogP contribution in [0.3, 0.4) is 0 Å². The van der Waals surface area contributed by atoms with E-state index in [2.05, 4.69) is 0 Å². The Balaban J connectivity index is 2.25. The van der Waals surface area contributed by atoms with Crippen LogP contribution in [0, 0.1) is 5.82 Å². The van der Waals surface area contributed by atoms with Crippen molar-refractivity contribution in [3.05, 3.63) is 35.6 Å². The lowest BCUT2D eigenvalue weighted by Gasteiger charge is -2.43. The second kappa shape index (κ2) is 4.99. The Morgan fingerprint density at radius 2 is 1.89 bits per heavy atom. The van der Waals surface area contributed by atoms with Gasteiger partial charge in [0.25, 0.3) is 0 Å². The standard InChI is InChI=1S/C14H17FN2O2/c1-17(9-12(16)18)13(19)14(7-2-8-14)10-3-5-11(15)6-4-10/h3-6H,2,7-9H2,1H3,(H2,16,18). The maximum atomic E-state index is 13.0. The first-order valence-electron chi connectivity index (χ1n) is 6.25. The van der Waals surface area contributed by atoms with Crippen LogP contribution < -0.4 is 5.73 Å². The number of carbonyl (C=O) groups excluding carboxylic acids is 2. The van der Waals surface area contributed by atoms with Gasteiger partial charge in [-0.25, -0.2) is 4.39 Å². The molecule has 2 amide bonds. The summed E-state index contributed by atoms with van der Waals surface area (Å²) in [4.78, 5) is 24.8. The minimum absolute atomic E-state index is 0.0955. The molecule has 0 aliphatic heterocycles. The SMILES string of the molecule is CN(CC(N)=O)C(=O)C1(c2ccc(F)cc2)CCC1. The molecule has 19 heavy (non-hydrogen) atoms. The fourth-order valence-electron chi connectivity index (χ4n) is 2.60. The number of hydrogen-bond acceptors (Lipinski definition) is 2. The average molecular weight is 264 g/mol. The lowest BCUT2D eigenvalue weighted by atomic mass is 9.63. The van der Waals surface area contributed by atoms with Gasteiger partial charge in [0.05, 0.1) is 12.0 Å². The molecule has 0 bridgehead atoms. The van der Waals surface area contributed by atoms with E-state index in [1.165, 1.54) is 17.0 Å². The van der Waals surface area contributed by atoms with Crippen molar-refractivity contribution in [3.63, 3.8) is 0 Å². The molecule has 0 radical (unpaired) electrons. The predicted octanol–water partition coefficient (Wildman–Crippen LogP) is 1.19. The smallest absolute Gasteiger partial charge is 0.237 e. The Bertz CT molecular complexity index is 495. The van der Waals surface area contributed by atoms with Crippen LogP contribution in [0.1, 0.15) is 24.8 Å². The van der Waals surface area contributed by atoms with Crippen LogP contribution in [0.5, 0.6) is 0 Å². The zero-order valence-corrected chi connectivity index (χ0v) is 10.9. The van der Waals surface area contributed by atoms with Gasteiger partial charge in [0, 0.05) is 7.05 Å². The third-order valence-electron chi connectivity index (χ3n) is 3.75. The lowest BCUT2D eigenvalue weighted by molar-refractivity contribution is -0.142. The van der Waals surface area contributed by atoms with Crippen LogP contribution in [-0.2, 0) is 15.0 Å². The number of benzene rings is 1. The van der Waals surface area contributed by atoms with E-state index < -0.39 is 11.3 Å². The van der Waals surface area contributed by atoms with Crippen LogP contribution in [0.25, 0.3) is 0 Å². The first kappa shape index (κ1) is 13.5. The first-order valence-corrected chi connectivity index (χ1v) is 6.25. The zero-order chi connectivity index (χ0) is 14.0. The van der Waals surface area contributed by atoms with Crippen molar-refractivity contribution < 1.29 is 14.0 Å². The number of likely N-dealkylation sites (N-methyl/N-ethyl adjacent to an activating group) is 1. The molecule has 0 unspecified atom stereocenters. The molecule has 1 aliphatic carbocycles. The second-order valence-corrected chi connectivity index (χ2v) is 5.07. The number of nitrogens with two attached hydrogens (primary N) is 1. The topological polar surface area (TPSA) is 63.4 Å². The number of primary amides is 1. The summed E-state index contributed by atoms with van der Waals surface area (Å²) < 4.78 is 13.0. The van der Waals surface area contributed by atoms with Gasteiger partial charge in [0.15, 0.2) is 0 Å². The van der Waals surface area contributed by atoms with Crippen LogP contribution in [-0.4, -0.2) is 30.3 Å². The molecular formula is C14H17FN2O2. The lowest BCUT2D eigenvalue weighted by Crippen LogP contribution is -2.51. The third kappa shape index (κ3) is 2.45. The fourth-order valence-corrected chi connectivity index (χ4v) is 2.60. The molecule has 102 valence electrons. The molecule has 0 atom stereocenters. The Hall–Kier alpha value is -1.91. The molecule has 2 N–H and O–H groups in total. The van der Waals surface area contributed by atoms with Crippen LogP contribution >= 0.6 is 0 Å². The van der Waals surface area contributed by atoms with Gasteiger partial charge in [-0.2, -0.15) is 0 Å². The Morgan fingerprint density at radius 1 is 1.32 bits per heavy atom. The van der Waals surface area contributed by atoms with Crippen LogP contribution in [0.2, 0.25) is 0 Å². The number of amides is 2. The zero-order valence-electron chi connectivity index (χ0n) is 10.9. The number of halogens is 1. The van der Waals surface area contributed by atoms with Crippen LogP contribution in [0.4, 0.5) is 4.39 Å². The quantitative estimate of drug-likeness (QED) is 0.888. The van der Waals surface area contributed by atoms with E-state index in [0.29, 0.717) is 0 Å². The summed E-state index contributed by atoms with van der Waals surface area (Å²) >= 11 is 0. The molecular weight excluding hydrogens is 247 g/mol. The second-order valence-electron chi connectivity index (χ2n) is 5.07. The molecule has 0 saturated heterocycles. The molecule has 0 heterocycles. The molecule has 1 aromatic rings. The monoisotopic (exact) mass is 264 g/mol. The van der Waals surface area contributed by atoms with Crippen molar-refractivity contribution in [2.75, 3.05) is 13.6 Å². The van der Waals surface area contributed by atoms with E-state index in [-0.39, 0.29) is 18.3 Å². The number of carbonyl (C=O) groups is 2. The molecule has 5 heteroatoms. The molecule has 0 spiro atoms. The summed E-state index contributed by atoms with van der Waals surface area (Å²) in [5.74, 6) is -0.982. The van der Waals surface area contributed by atoms with E-state index >= 15 is 0 Å². The van der Waals surface area contributed by atoms with Crippen molar-refractivity contribution >= 4 is 11.8 Å². The Labute approximate surface area is 111 Å². The molecule has 1 aromatic carbocycles. The van der Waals surface area contributed by atoms with Crippen molar-refractivity contribution in [1.82, 2.24) is 4.90 Å². The maximum absolute atomic E-state index is 13.0. The van der Waals surface area contributed by atoms with E-state index in [1.807, 2.05) is 0 Å². The highest BCUT2D eigenvalue weighted by molar-refractivity contribution is 5.91. The number of hydrogen-bond donors (Lipinski definition) is 1. The van der Waals surface area contributed by atoms with Crippen LogP contribution in [0.15, 0.2) is 24.3 Å². The van der Waals surface area contributed by atoms with Crippen molar-refractivity contribution in [2.24, 2.45) is 5.73 Å². The highest BCUT2D eigenvalue weighted by atomic mass is 19.1. The minimum atomic E-state index is -0.613. The molecule has 1 fully saturated rings. The predicted molar refractivity (Wildman–Crippen MR) is 68.8 cm³/mol. The highest BCUT2D eigenvalue weighted by Crippen LogP contribution is 2.45. The summed E-state index contributed by atoms with van der Waals surface area (Å²) in [5.41, 5.74) is 5.30. The van der Waals surface area contributed by atoms with Gasteiger partial charge in [0.2, 0.25) is 11.8 Å². The largest absolute Gasteiger partial charge is 0.368 e. The first-order chi connectivity index (χ1) is 8.95. The maximum Gasteiger partial charge on any atom is 0.237 e. The number of rotatable bonds is 4. The van der Waals surface area contributed by atoms with Gasteiger partial charge in [-0.1, -0.05) is 18.6 Å². The van der Waals surface area contributed by atoms with E-state index in [9.17, 15) is 14.0 Å². The van der Waals surface area contributed by atoms with E-state index in [4.69, 9.17) is 5.73 Å². The van der Waals surface area contributed by atoms with Gasteiger partial charge >= 0.3 is 0 Å². The summed E-state index contributed by atoms with van der Waals surface area (Å²) in [6.07, 6.45) is 2.40. The Kier molecular flexibility index (Phi) is 3.55. The summed E-state index contributed by atoms with van der Waals surface area (Å²) in [7, 11) is 1.57. The normalized spacial score (nSPS) is 16.5. The van der Waals surface area contributed by atoms with Gasteiger partial charge in [-0.15, -0.1) is 0 Å². The summed E-state index contributed by atoms with van der Waals surface area (Å²) in [6.45, 7) is -0.0955. The van der Waals surface area contributed by atoms with Crippen molar-refractivity contribution in [1.29, 1.82) is 0 Å². The molecule has 1 aliphatic rings. The van der Waals surface area contributed by atoms with Gasteiger partial charge in [-0.05, 0) is 30.5 Å².